The molecule has 4 N–H and O–H groups in total. The predicted octanol–water partition coefficient (Wildman–Crippen LogP) is -2.73. The Kier molecular flexibility index (Phi) is 6.70. The average molecular weight is 564 g/mol. The highest BCUT2D eigenvalue weighted by Crippen LogP contribution is 2.42. The van der Waals surface area contributed by atoms with Crippen molar-refractivity contribution in [1.29, 1.82) is 0 Å². The van der Waals surface area contributed by atoms with Gasteiger partial charge in [0.1, 0.15) is 24.4 Å². The number of aliphatic hydroxyl groups is 4. The molecule has 1 aromatic heterocycles. The molecule has 10 nitrogen and oxygen atoms in total. The summed E-state index contributed by atoms with van der Waals surface area (Å²) >= 11 is 0. The Bertz CT molecular complexity index is 1300. The lowest BCUT2D eigenvalue weighted by Gasteiger charge is -2.39. The van der Waals surface area contributed by atoms with Crippen LogP contribution in [0.2, 0.25) is 0 Å². The standard InChI is InChI=1S/C25H26NO9.BrH/c1-31-17-3-2-12-6-16-14-8-19-18(32-11-33-19)7-13(14)4-5-26(16)9-15(12)24(17)35-25-23(30)22(29)21(28)20(10-27)34-25;/h2-3,6-9,20-23,25,27-30H,4-5,10-11H2,1H3;1H/q+1;/p-1/t20-,21-,22+,23+,25?;/m1./s1. The molecule has 1 unspecified atom stereocenters. The molecule has 1 saturated heterocycles. The van der Waals surface area contributed by atoms with Gasteiger partial charge in [-0.1, -0.05) is 0 Å². The molecule has 3 aliphatic heterocycles. The Balaban J connectivity index is 0.00000267. The predicted molar refractivity (Wildman–Crippen MR) is 120 cm³/mol. The summed E-state index contributed by atoms with van der Waals surface area (Å²) in [7, 11) is 1.51. The largest absolute Gasteiger partial charge is 1.00 e. The number of hydrogen-bond acceptors (Lipinski definition) is 9. The van der Waals surface area contributed by atoms with Crippen LogP contribution in [0.1, 0.15) is 5.56 Å². The van der Waals surface area contributed by atoms with Crippen LogP contribution >= 0.6 is 0 Å². The number of ether oxygens (including phenoxy) is 5. The van der Waals surface area contributed by atoms with Gasteiger partial charge in [-0.15, -0.1) is 0 Å². The van der Waals surface area contributed by atoms with Crippen molar-refractivity contribution in [2.45, 2.75) is 43.7 Å². The van der Waals surface area contributed by atoms with E-state index < -0.39 is 37.3 Å². The summed E-state index contributed by atoms with van der Waals surface area (Å²) in [5.74, 6) is 2.22. The van der Waals surface area contributed by atoms with Crippen LogP contribution in [-0.2, 0) is 17.7 Å². The molecule has 3 aliphatic rings. The summed E-state index contributed by atoms with van der Waals surface area (Å²) in [5.41, 5.74) is 3.26. The molecule has 0 amide bonds. The molecule has 0 bridgehead atoms. The van der Waals surface area contributed by atoms with Crippen molar-refractivity contribution in [1.82, 2.24) is 0 Å². The highest BCUT2D eigenvalue weighted by Gasteiger charge is 2.45. The molecule has 0 saturated carbocycles. The number of aryl methyl sites for hydroxylation is 2. The van der Waals surface area contributed by atoms with E-state index in [0.29, 0.717) is 16.9 Å². The maximum atomic E-state index is 10.5. The molecule has 192 valence electrons. The third-order valence-electron chi connectivity index (χ3n) is 6.88. The van der Waals surface area contributed by atoms with Gasteiger partial charge in [0.05, 0.1) is 24.7 Å². The quantitative estimate of drug-likeness (QED) is 0.250. The summed E-state index contributed by atoms with van der Waals surface area (Å²) < 4.78 is 30.4. The second-order valence-corrected chi connectivity index (χ2v) is 8.88. The fourth-order valence-corrected chi connectivity index (χ4v) is 4.96. The van der Waals surface area contributed by atoms with E-state index in [0.717, 1.165) is 41.1 Å². The molecule has 5 atom stereocenters. The molecule has 0 radical (unpaired) electrons. The van der Waals surface area contributed by atoms with Gasteiger partial charge in [-0.05, 0) is 35.2 Å². The fourth-order valence-electron chi connectivity index (χ4n) is 4.96. The first kappa shape index (κ1) is 25.0. The number of nitrogens with zero attached hydrogens (tertiary/aromatic N) is 1. The highest BCUT2D eigenvalue weighted by molar-refractivity contribution is 5.91. The summed E-state index contributed by atoms with van der Waals surface area (Å²) in [6.45, 7) is 0.404. The first-order valence-electron chi connectivity index (χ1n) is 11.4. The minimum atomic E-state index is -1.54. The van der Waals surface area contributed by atoms with E-state index in [1.807, 2.05) is 24.4 Å². The Labute approximate surface area is 216 Å². The minimum absolute atomic E-state index is 0. The van der Waals surface area contributed by atoms with Crippen molar-refractivity contribution in [2.24, 2.45) is 0 Å². The first-order valence-corrected chi connectivity index (χ1v) is 11.4. The van der Waals surface area contributed by atoms with Crippen molar-refractivity contribution >= 4 is 10.8 Å². The number of fused-ring (bicyclic) bond motifs is 5. The van der Waals surface area contributed by atoms with E-state index in [2.05, 4.69) is 10.6 Å². The summed E-state index contributed by atoms with van der Waals surface area (Å²) in [5, 5.41) is 41.8. The van der Waals surface area contributed by atoms with Crippen LogP contribution in [-0.4, -0.2) is 71.6 Å². The lowest BCUT2D eigenvalue weighted by Crippen LogP contribution is -3.00. The lowest BCUT2D eigenvalue weighted by atomic mass is 9.95. The Morgan fingerprint density at radius 2 is 1.81 bits per heavy atom. The molecule has 6 rings (SSSR count). The molecule has 0 spiro atoms. The third kappa shape index (κ3) is 3.96. The molecule has 11 heteroatoms. The van der Waals surface area contributed by atoms with Crippen LogP contribution in [0.5, 0.6) is 23.0 Å². The normalized spacial score (nSPS) is 26.1. The van der Waals surface area contributed by atoms with E-state index in [9.17, 15) is 20.4 Å². The van der Waals surface area contributed by atoms with Crippen molar-refractivity contribution < 1.29 is 65.7 Å². The molecule has 3 aromatic rings. The first-order chi connectivity index (χ1) is 17.0. The fraction of sp³-hybridized carbons (Fsp3) is 0.400. The topological polar surface area (TPSA) is 131 Å². The summed E-state index contributed by atoms with van der Waals surface area (Å²) in [6.07, 6.45) is -4.19. The summed E-state index contributed by atoms with van der Waals surface area (Å²) in [6, 6.07) is 9.75. The Hall–Kier alpha value is -2.67. The number of benzene rings is 2. The van der Waals surface area contributed by atoms with Gasteiger partial charge in [0.2, 0.25) is 18.8 Å². The Morgan fingerprint density at radius 1 is 1.03 bits per heavy atom. The number of halogens is 1. The van der Waals surface area contributed by atoms with Crippen LogP contribution in [0.3, 0.4) is 0 Å². The van der Waals surface area contributed by atoms with E-state index in [4.69, 9.17) is 23.7 Å². The van der Waals surface area contributed by atoms with Crippen molar-refractivity contribution in [2.75, 3.05) is 20.5 Å². The van der Waals surface area contributed by atoms with Gasteiger partial charge in [0, 0.05) is 12.5 Å². The van der Waals surface area contributed by atoms with Gasteiger partial charge >= 0.3 is 0 Å². The van der Waals surface area contributed by atoms with E-state index >= 15 is 0 Å². The van der Waals surface area contributed by atoms with Gasteiger partial charge in [-0.25, -0.2) is 0 Å². The van der Waals surface area contributed by atoms with E-state index in [1.165, 1.54) is 12.7 Å². The number of hydrogen-bond donors (Lipinski definition) is 4. The molecule has 36 heavy (non-hydrogen) atoms. The maximum Gasteiger partial charge on any atom is 0.231 e. The van der Waals surface area contributed by atoms with Crippen LogP contribution in [0.15, 0.2) is 36.5 Å². The SMILES string of the molecule is COc1ccc2cc3[n+](cc2c1OC1O[C@H](CO)[C@@H](O)[C@H](O)[C@@H]1O)CCc1cc2c(cc1-3)OCO2.[Br-]. The average Bonchev–Trinajstić information content (AvgIpc) is 3.34. The monoisotopic (exact) mass is 563 g/mol. The zero-order valence-electron chi connectivity index (χ0n) is 19.3. The second-order valence-electron chi connectivity index (χ2n) is 8.88. The van der Waals surface area contributed by atoms with Crippen LogP contribution < -0.4 is 40.5 Å². The van der Waals surface area contributed by atoms with Crippen LogP contribution in [0.25, 0.3) is 22.0 Å². The van der Waals surface area contributed by atoms with E-state index in [-0.39, 0.29) is 23.8 Å². The van der Waals surface area contributed by atoms with Gasteiger partial charge < -0.3 is 61.1 Å². The van der Waals surface area contributed by atoms with Gasteiger partial charge in [0.15, 0.2) is 35.7 Å². The zero-order chi connectivity index (χ0) is 24.3. The van der Waals surface area contributed by atoms with Crippen molar-refractivity contribution in [3.63, 3.8) is 0 Å². The summed E-state index contributed by atoms with van der Waals surface area (Å²) in [4.78, 5) is 0. The minimum Gasteiger partial charge on any atom is -1.00 e. The number of pyridine rings is 1. The molecular formula is C25H26BrNO9. The van der Waals surface area contributed by atoms with Crippen LogP contribution in [0, 0.1) is 0 Å². The van der Waals surface area contributed by atoms with Crippen LogP contribution in [0.4, 0.5) is 0 Å². The smallest absolute Gasteiger partial charge is 0.231 e. The maximum absolute atomic E-state index is 10.5. The molecule has 4 heterocycles. The number of rotatable bonds is 4. The number of methoxy groups -OCH3 is 1. The Morgan fingerprint density at radius 3 is 2.56 bits per heavy atom. The molecular weight excluding hydrogens is 538 g/mol. The highest BCUT2D eigenvalue weighted by atomic mass is 79.9. The van der Waals surface area contributed by atoms with Gasteiger partial charge in [-0.2, -0.15) is 4.57 Å². The van der Waals surface area contributed by atoms with Gasteiger partial charge in [-0.3, -0.25) is 0 Å². The molecule has 0 aliphatic carbocycles. The number of aromatic nitrogens is 1. The van der Waals surface area contributed by atoms with Crippen molar-refractivity contribution in [3.8, 4) is 34.3 Å². The van der Waals surface area contributed by atoms with E-state index in [1.54, 1.807) is 6.07 Å². The number of aliphatic hydroxyl groups excluding tert-OH is 4. The molecule has 2 aromatic carbocycles. The lowest BCUT2D eigenvalue weighted by molar-refractivity contribution is -0.686. The van der Waals surface area contributed by atoms with Crippen molar-refractivity contribution in [3.05, 3.63) is 42.1 Å². The zero-order valence-corrected chi connectivity index (χ0v) is 20.9. The second kappa shape index (κ2) is 9.66. The van der Waals surface area contributed by atoms with Gasteiger partial charge in [0.25, 0.3) is 0 Å². The molecule has 1 fully saturated rings. The third-order valence-corrected chi connectivity index (χ3v) is 6.88.